The first-order valence-corrected chi connectivity index (χ1v) is 12.6. The SMILES string of the molecule is CCC(OC(=O)C(O)C(O)C(=O)O)C(=O)/C(C)=C(/C=C/C(C)=C/C=C/C(C)=C/C=C/C=C(C)C)C(C)(C)C. The molecule has 0 aromatic rings. The highest BCUT2D eigenvalue weighted by molar-refractivity contribution is 6.00. The molecule has 0 bridgehead atoms. The Balaban J connectivity index is 5.81. The Morgan fingerprint density at radius 3 is 1.82 bits per heavy atom. The quantitative estimate of drug-likeness (QED) is 0.162. The molecule has 0 aliphatic carbocycles. The van der Waals surface area contributed by atoms with Crippen LogP contribution >= 0.6 is 0 Å². The Kier molecular flexibility index (Phi) is 15.1. The van der Waals surface area contributed by atoms with Gasteiger partial charge in [0.05, 0.1) is 0 Å². The molecule has 0 saturated carbocycles. The maximum absolute atomic E-state index is 13.2. The van der Waals surface area contributed by atoms with Crippen molar-refractivity contribution in [1.29, 1.82) is 0 Å². The average molecular weight is 529 g/mol. The molecule has 3 N–H and O–H groups in total. The van der Waals surface area contributed by atoms with Crippen molar-refractivity contribution in [2.75, 3.05) is 0 Å². The standard InChI is InChI=1S/C31H44O7/c1-10-25(38-30(37)28(34)27(33)29(35)36)26(32)23(6)24(31(7,8)9)19-18-22(5)17-13-16-21(4)15-12-11-14-20(2)3/h11-19,25,27-28,33-34H,10H2,1-9H3,(H,35,36)/b12-11+,16-13+,19-18+,21-15+,22-17+,24-23-. The van der Waals surface area contributed by atoms with Gasteiger partial charge in [0.25, 0.3) is 0 Å². The van der Waals surface area contributed by atoms with E-state index in [1.165, 1.54) is 5.57 Å². The van der Waals surface area contributed by atoms with E-state index in [-0.39, 0.29) is 6.42 Å². The number of aliphatic carboxylic acids is 1. The lowest BCUT2D eigenvalue weighted by Crippen LogP contribution is -2.43. The molecule has 0 aromatic carbocycles. The minimum absolute atomic E-state index is 0.110. The van der Waals surface area contributed by atoms with E-state index in [2.05, 4.69) is 0 Å². The fraction of sp³-hybridized carbons (Fsp3) is 0.452. The fourth-order valence-electron chi connectivity index (χ4n) is 3.24. The Labute approximate surface area is 227 Å². The van der Waals surface area contributed by atoms with Crippen molar-refractivity contribution in [3.63, 3.8) is 0 Å². The number of rotatable bonds is 13. The smallest absolute Gasteiger partial charge is 0.339 e. The predicted octanol–water partition coefficient (Wildman–Crippen LogP) is 5.57. The molecule has 3 unspecified atom stereocenters. The van der Waals surface area contributed by atoms with Crippen molar-refractivity contribution >= 4 is 17.7 Å². The summed E-state index contributed by atoms with van der Waals surface area (Å²) in [6.45, 7) is 17.2. The number of hydrogen-bond donors (Lipinski definition) is 3. The molecule has 7 nitrogen and oxygen atoms in total. The topological polar surface area (TPSA) is 121 Å². The highest BCUT2D eigenvalue weighted by atomic mass is 16.6. The second-order valence-electron chi connectivity index (χ2n) is 10.4. The summed E-state index contributed by atoms with van der Waals surface area (Å²) < 4.78 is 5.07. The van der Waals surface area contributed by atoms with Crippen molar-refractivity contribution in [1.82, 2.24) is 0 Å². The second-order valence-corrected chi connectivity index (χ2v) is 10.4. The minimum atomic E-state index is -2.35. The molecule has 0 saturated heterocycles. The molecule has 0 spiro atoms. The Bertz CT molecular complexity index is 1050. The molecule has 0 amide bonds. The maximum atomic E-state index is 13.2. The first-order chi connectivity index (χ1) is 17.5. The van der Waals surface area contributed by atoms with Crippen LogP contribution in [-0.4, -0.2) is 51.4 Å². The van der Waals surface area contributed by atoms with Crippen LogP contribution in [0.15, 0.2) is 82.5 Å². The van der Waals surface area contributed by atoms with Gasteiger partial charge in [0.1, 0.15) is 0 Å². The average Bonchev–Trinajstić information content (AvgIpc) is 2.82. The minimum Gasteiger partial charge on any atom is -0.479 e. The van der Waals surface area contributed by atoms with Gasteiger partial charge in [-0.15, -0.1) is 0 Å². The monoisotopic (exact) mass is 528 g/mol. The van der Waals surface area contributed by atoms with Gasteiger partial charge in [-0.1, -0.05) is 99.1 Å². The molecule has 0 rings (SSSR count). The van der Waals surface area contributed by atoms with Crippen molar-refractivity contribution in [3.8, 4) is 0 Å². The molecule has 0 aliphatic rings. The maximum Gasteiger partial charge on any atom is 0.339 e. The molecule has 3 atom stereocenters. The van der Waals surface area contributed by atoms with E-state index in [0.29, 0.717) is 5.57 Å². The van der Waals surface area contributed by atoms with Crippen LogP contribution in [-0.2, 0) is 19.1 Å². The number of hydrogen-bond acceptors (Lipinski definition) is 6. The molecule has 0 aromatic heterocycles. The van der Waals surface area contributed by atoms with Gasteiger partial charge in [-0.05, 0) is 57.6 Å². The fourth-order valence-corrected chi connectivity index (χ4v) is 3.24. The lowest BCUT2D eigenvalue weighted by Gasteiger charge is -2.25. The molecule has 0 fully saturated rings. The zero-order valence-electron chi connectivity index (χ0n) is 24.1. The normalized spacial score (nSPS) is 16.4. The zero-order chi connectivity index (χ0) is 29.6. The van der Waals surface area contributed by atoms with Crippen LogP contribution in [0.1, 0.15) is 68.7 Å². The number of Topliss-reactive ketones (excluding diaryl/α,β-unsaturated/α-hetero) is 1. The van der Waals surface area contributed by atoms with Gasteiger partial charge in [-0.25, -0.2) is 9.59 Å². The number of esters is 1. The van der Waals surface area contributed by atoms with Gasteiger partial charge >= 0.3 is 11.9 Å². The van der Waals surface area contributed by atoms with Gasteiger partial charge < -0.3 is 20.1 Å². The van der Waals surface area contributed by atoms with Gasteiger partial charge in [0.15, 0.2) is 24.1 Å². The summed E-state index contributed by atoms with van der Waals surface area (Å²) in [4.78, 5) is 36.1. The van der Waals surface area contributed by atoms with E-state index < -0.39 is 41.4 Å². The van der Waals surface area contributed by atoms with Crippen molar-refractivity contribution in [3.05, 3.63) is 82.5 Å². The summed E-state index contributed by atoms with van der Waals surface area (Å²) in [5, 5.41) is 27.9. The first kappa shape index (κ1) is 34.7. The molecule has 38 heavy (non-hydrogen) atoms. The lowest BCUT2D eigenvalue weighted by atomic mass is 9.81. The highest BCUT2D eigenvalue weighted by Gasteiger charge is 2.35. The third-order valence-electron chi connectivity index (χ3n) is 5.43. The summed E-state index contributed by atoms with van der Waals surface area (Å²) in [5.74, 6) is -3.61. The number of allylic oxidation sites excluding steroid dienone is 13. The molecule has 0 radical (unpaired) electrons. The zero-order valence-corrected chi connectivity index (χ0v) is 24.1. The van der Waals surface area contributed by atoms with E-state index in [9.17, 15) is 24.6 Å². The van der Waals surface area contributed by atoms with Crippen LogP contribution in [0.2, 0.25) is 0 Å². The van der Waals surface area contributed by atoms with Crippen LogP contribution in [0.5, 0.6) is 0 Å². The summed E-state index contributed by atoms with van der Waals surface area (Å²) in [6, 6.07) is 0. The summed E-state index contributed by atoms with van der Waals surface area (Å²) in [5.41, 5.74) is 3.99. The van der Waals surface area contributed by atoms with Crippen molar-refractivity contribution in [2.45, 2.75) is 87.0 Å². The van der Waals surface area contributed by atoms with Gasteiger partial charge in [0, 0.05) is 0 Å². The third-order valence-corrected chi connectivity index (χ3v) is 5.43. The summed E-state index contributed by atoms with van der Waals surface area (Å²) in [6.07, 6.45) is 11.9. The van der Waals surface area contributed by atoms with Crippen LogP contribution in [0.3, 0.4) is 0 Å². The molecule has 7 heteroatoms. The van der Waals surface area contributed by atoms with Gasteiger partial charge in [0.2, 0.25) is 0 Å². The summed E-state index contributed by atoms with van der Waals surface area (Å²) in [7, 11) is 0. The molecular formula is C31H44O7. The van der Waals surface area contributed by atoms with E-state index in [4.69, 9.17) is 9.84 Å². The predicted molar refractivity (Wildman–Crippen MR) is 151 cm³/mol. The van der Waals surface area contributed by atoms with Crippen LogP contribution in [0, 0.1) is 5.41 Å². The second kappa shape index (κ2) is 16.5. The third kappa shape index (κ3) is 12.8. The molecular weight excluding hydrogens is 484 g/mol. The Hall–Kier alpha value is -3.29. The first-order valence-electron chi connectivity index (χ1n) is 12.6. The van der Waals surface area contributed by atoms with Crippen LogP contribution in [0.25, 0.3) is 0 Å². The van der Waals surface area contributed by atoms with E-state index in [0.717, 1.165) is 16.7 Å². The number of ketones is 1. The highest BCUT2D eigenvalue weighted by Crippen LogP contribution is 2.31. The Morgan fingerprint density at radius 2 is 1.32 bits per heavy atom. The van der Waals surface area contributed by atoms with Crippen LogP contribution in [0.4, 0.5) is 0 Å². The number of carbonyl (C=O) groups excluding carboxylic acids is 2. The largest absolute Gasteiger partial charge is 0.479 e. The number of aliphatic hydroxyl groups excluding tert-OH is 2. The van der Waals surface area contributed by atoms with Gasteiger partial charge in [-0.3, -0.25) is 4.79 Å². The Morgan fingerprint density at radius 1 is 0.789 bits per heavy atom. The number of aliphatic hydroxyl groups is 2. The lowest BCUT2D eigenvalue weighted by molar-refractivity contribution is -0.174. The number of carbonyl (C=O) groups is 3. The number of carboxylic acid groups (broad SMARTS) is 1. The van der Waals surface area contributed by atoms with Crippen molar-refractivity contribution in [2.24, 2.45) is 5.41 Å². The van der Waals surface area contributed by atoms with E-state index >= 15 is 0 Å². The summed E-state index contributed by atoms with van der Waals surface area (Å²) >= 11 is 0. The van der Waals surface area contributed by atoms with Crippen molar-refractivity contribution < 1.29 is 34.4 Å². The molecule has 0 aliphatic heterocycles. The van der Waals surface area contributed by atoms with E-state index in [1.54, 1.807) is 13.8 Å². The molecule has 210 valence electrons. The van der Waals surface area contributed by atoms with E-state index in [1.807, 2.05) is 103 Å². The molecule has 0 heterocycles. The van der Waals surface area contributed by atoms with Gasteiger partial charge in [-0.2, -0.15) is 0 Å². The number of carboxylic acids is 1. The number of ether oxygens (including phenoxy) is 1. The van der Waals surface area contributed by atoms with Crippen LogP contribution < -0.4 is 0 Å².